The monoisotopic (exact) mass is 448 g/mol. The van der Waals surface area contributed by atoms with Gasteiger partial charge >= 0.3 is 5.97 Å². The van der Waals surface area contributed by atoms with Crippen LogP contribution in [-0.4, -0.2) is 76.4 Å². The van der Waals surface area contributed by atoms with Crippen LogP contribution in [0.1, 0.15) is 36.2 Å². The van der Waals surface area contributed by atoms with E-state index in [1.807, 2.05) is 26.0 Å². The number of aliphatic hydroxyl groups is 4. The van der Waals surface area contributed by atoms with E-state index in [-0.39, 0.29) is 11.3 Å². The molecule has 2 aromatic rings. The SMILES string of the molecule is COC(=O)c1c2c(c3ccccc3c1O[C@@H]1O[C@H](CO)[C@@H](O)[C@H](O)[C@H]1O)OC(C)(C)CC2. The molecule has 0 saturated carbocycles. The van der Waals surface area contributed by atoms with Gasteiger partial charge in [0.1, 0.15) is 47.1 Å². The van der Waals surface area contributed by atoms with Crippen LogP contribution in [0.3, 0.4) is 0 Å². The highest BCUT2D eigenvalue weighted by atomic mass is 16.7. The fraction of sp³-hybridized carbons (Fsp3) is 0.522. The van der Waals surface area contributed by atoms with E-state index in [2.05, 4.69) is 0 Å². The van der Waals surface area contributed by atoms with Gasteiger partial charge in [0.2, 0.25) is 6.29 Å². The van der Waals surface area contributed by atoms with Gasteiger partial charge in [-0.05, 0) is 26.7 Å². The largest absolute Gasteiger partial charge is 0.487 e. The first-order chi connectivity index (χ1) is 15.2. The van der Waals surface area contributed by atoms with Crippen molar-refractivity contribution in [2.45, 2.75) is 63.0 Å². The van der Waals surface area contributed by atoms with Gasteiger partial charge in [0.15, 0.2) is 0 Å². The summed E-state index contributed by atoms with van der Waals surface area (Å²) in [6.45, 7) is 3.35. The molecule has 0 radical (unpaired) electrons. The summed E-state index contributed by atoms with van der Waals surface area (Å²) in [5.41, 5.74) is 0.339. The molecule has 9 nitrogen and oxygen atoms in total. The van der Waals surface area contributed by atoms with Crippen LogP contribution in [0, 0.1) is 0 Å². The lowest BCUT2D eigenvalue weighted by Gasteiger charge is -2.40. The summed E-state index contributed by atoms with van der Waals surface area (Å²) in [5.74, 6) is 0.0344. The Morgan fingerprint density at radius 3 is 2.47 bits per heavy atom. The quantitative estimate of drug-likeness (QED) is 0.503. The highest BCUT2D eigenvalue weighted by Crippen LogP contribution is 2.46. The van der Waals surface area contributed by atoms with Crippen molar-refractivity contribution in [1.82, 2.24) is 0 Å². The van der Waals surface area contributed by atoms with Gasteiger partial charge < -0.3 is 39.4 Å². The normalized spacial score (nSPS) is 29.2. The summed E-state index contributed by atoms with van der Waals surface area (Å²) in [4.78, 5) is 12.9. The van der Waals surface area contributed by atoms with Gasteiger partial charge in [-0.1, -0.05) is 24.3 Å². The first kappa shape index (κ1) is 22.8. The number of hydrogen-bond acceptors (Lipinski definition) is 9. The first-order valence-electron chi connectivity index (χ1n) is 10.5. The molecule has 32 heavy (non-hydrogen) atoms. The van der Waals surface area contributed by atoms with Gasteiger partial charge in [-0.15, -0.1) is 0 Å². The topological polar surface area (TPSA) is 135 Å². The molecule has 4 rings (SSSR count). The molecular formula is C23H28O9. The van der Waals surface area contributed by atoms with E-state index in [1.54, 1.807) is 12.1 Å². The van der Waals surface area contributed by atoms with Crippen LogP contribution in [0.5, 0.6) is 11.5 Å². The Kier molecular flexibility index (Phi) is 6.04. The lowest BCUT2D eigenvalue weighted by atomic mass is 9.88. The van der Waals surface area contributed by atoms with Crippen LogP contribution >= 0.6 is 0 Å². The second kappa shape index (κ2) is 8.49. The second-order valence-electron chi connectivity index (χ2n) is 8.73. The molecule has 0 spiro atoms. The van der Waals surface area contributed by atoms with Gasteiger partial charge in [-0.3, -0.25) is 0 Å². The molecule has 5 atom stereocenters. The van der Waals surface area contributed by atoms with Crippen LogP contribution in [0.15, 0.2) is 24.3 Å². The zero-order valence-electron chi connectivity index (χ0n) is 18.1. The Morgan fingerprint density at radius 1 is 1.12 bits per heavy atom. The number of rotatable bonds is 4. The number of methoxy groups -OCH3 is 1. The van der Waals surface area contributed by atoms with Crippen molar-refractivity contribution < 1.29 is 44.2 Å². The fourth-order valence-corrected chi connectivity index (χ4v) is 4.26. The summed E-state index contributed by atoms with van der Waals surface area (Å²) < 4.78 is 22.8. The summed E-state index contributed by atoms with van der Waals surface area (Å²) in [6.07, 6.45) is -6.16. The van der Waals surface area contributed by atoms with E-state index in [1.165, 1.54) is 7.11 Å². The molecule has 174 valence electrons. The molecule has 0 aromatic heterocycles. The Bertz CT molecular complexity index is 1020. The number of esters is 1. The Hall–Kier alpha value is -2.43. The highest BCUT2D eigenvalue weighted by Gasteiger charge is 2.45. The molecule has 2 heterocycles. The Balaban J connectivity index is 1.89. The van der Waals surface area contributed by atoms with Crippen molar-refractivity contribution in [2.75, 3.05) is 13.7 Å². The minimum absolute atomic E-state index is 0.110. The predicted octanol–water partition coefficient (Wildman–Crippen LogP) is 0.909. The number of aliphatic hydroxyl groups excluding tert-OH is 4. The smallest absolute Gasteiger partial charge is 0.342 e. The molecule has 2 aliphatic heterocycles. The molecule has 1 fully saturated rings. The first-order valence-corrected chi connectivity index (χ1v) is 10.5. The lowest BCUT2D eigenvalue weighted by Crippen LogP contribution is -2.60. The Morgan fingerprint density at radius 2 is 1.81 bits per heavy atom. The highest BCUT2D eigenvalue weighted by molar-refractivity contribution is 6.06. The van der Waals surface area contributed by atoms with Crippen molar-refractivity contribution in [3.63, 3.8) is 0 Å². The number of hydrogen-bond donors (Lipinski definition) is 4. The van der Waals surface area contributed by atoms with E-state index in [4.69, 9.17) is 18.9 Å². The van der Waals surface area contributed by atoms with Crippen molar-refractivity contribution in [3.05, 3.63) is 35.4 Å². The van der Waals surface area contributed by atoms with Crippen molar-refractivity contribution in [2.24, 2.45) is 0 Å². The van der Waals surface area contributed by atoms with Crippen LogP contribution in [0.4, 0.5) is 0 Å². The second-order valence-corrected chi connectivity index (χ2v) is 8.73. The standard InChI is InChI=1S/C23H28O9/c1-23(2)9-8-13-15(21(28)29-3)20(12-7-5-4-6-11(12)19(13)32-23)31-22-18(27)17(26)16(25)14(10-24)30-22/h4-7,14,16-18,22,24-27H,8-10H2,1-3H3/t14-,16-,17+,18-,22+/m1/s1. The number of fused-ring (bicyclic) bond motifs is 3. The molecule has 4 N–H and O–H groups in total. The third-order valence-corrected chi connectivity index (χ3v) is 6.05. The maximum absolute atomic E-state index is 12.9. The number of benzene rings is 2. The van der Waals surface area contributed by atoms with Gasteiger partial charge in [0.25, 0.3) is 0 Å². The minimum atomic E-state index is -1.62. The average molecular weight is 448 g/mol. The van der Waals surface area contributed by atoms with Crippen LogP contribution < -0.4 is 9.47 Å². The Labute approximate surface area is 185 Å². The maximum Gasteiger partial charge on any atom is 0.342 e. The van der Waals surface area contributed by atoms with E-state index in [0.29, 0.717) is 34.9 Å². The zero-order valence-corrected chi connectivity index (χ0v) is 18.1. The van der Waals surface area contributed by atoms with Crippen LogP contribution in [-0.2, 0) is 15.9 Å². The summed E-state index contributed by atoms with van der Waals surface area (Å²) >= 11 is 0. The molecule has 0 unspecified atom stereocenters. The lowest BCUT2D eigenvalue weighted by molar-refractivity contribution is -0.277. The molecular weight excluding hydrogens is 420 g/mol. The predicted molar refractivity (Wildman–Crippen MR) is 113 cm³/mol. The molecule has 0 amide bonds. The number of carbonyl (C=O) groups excluding carboxylic acids is 1. The van der Waals surface area contributed by atoms with Gasteiger partial charge in [0, 0.05) is 16.3 Å². The molecule has 9 heteroatoms. The summed E-state index contributed by atoms with van der Waals surface area (Å²) in [6, 6.07) is 7.19. The average Bonchev–Trinajstić information content (AvgIpc) is 2.78. The maximum atomic E-state index is 12.9. The fourth-order valence-electron chi connectivity index (χ4n) is 4.26. The number of carbonyl (C=O) groups is 1. The van der Waals surface area contributed by atoms with Crippen molar-refractivity contribution in [1.29, 1.82) is 0 Å². The van der Waals surface area contributed by atoms with E-state index < -0.39 is 48.9 Å². The van der Waals surface area contributed by atoms with Crippen LogP contribution in [0.25, 0.3) is 10.8 Å². The molecule has 2 aliphatic rings. The summed E-state index contributed by atoms with van der Waals surface area (Å²) in [5, 5.41) is 41.4. The van der Waals surface area contributed by atoms with E-state index in [9.17, 15) is 25.2 Å². The third-order valence-electron chi connectivity index (χ3n) is 6.05. The third kappa shape index (κ3) is 3.80. The van der Waals surface area contributed by atoms with Crippen molar-refractivity contribution >= 4 is 16.7 Å². The molecule has 0 bridgehead atoms. The van der Waals surface area contributed by atoms with Crippen LogP contribution in [0.2, 0.25) is 0 Å². The van der Waals surface area contributed by atoms with Gasteiger partial charge in [-0.25, -0.2) is 4.79 Å². The van der Waals surface area contributed by atoms with Gasteiger partial charge in [0.05, 0.1) is 13.7 Å². The minimum Gasteiger partial charge on any atom is -0.487 e. The van der Waals surface area contributed by atoms with E-state index >= 15 is 0 Å². The molecule has 0 aliphatic carbocycles. The number of ether oxygens (including phenoxy) is 4. The van der Waals surface area contributed by atoms with E-state index in [0.717, 1.165) is 0 Å². The molecule has 1 saturated heterocycles. The van der Waals surface area contributed by atoms with Gasteiger partial charge in [-0.2, -0.15) is 0 Å². The molecule has 2 aromatic carbocycles. The zero-order chi connectivity index (χ0) is 23.2. The summed E-state index contributed by atoms with van der Waals surface area (Å²) in [7, 11) is 1.26. The van der Waals surface area contributed by atoms with Crippen molar-refractivity contribution in [3.8, 4) is 11.5 Å².